The maximum absolute atomic E-state index is 13.6. The molecule has 2 amide bonds. The number of aryl methyl sites for hydroxylation is 4. The van der Waals surface area contributed by atoms with Crippen molar-refractivity contribution >= 4 is 28.8 Å². The van der Waals surface area contributed by atoms with Crippen LogP contribution in [0.5, 0.6) is 5.75 Å². The van der Waals surface area contributed by atoms with Gasteiger partial charge in [0.05, 0.1) is 18.4 Å². The summed E-state index contributed by atoms with van der Waals surface area (Å²) in [6, 6.07) is 18.7. The standard InChI is InChI=1S/C27H26N2O3/c1-16-9-12-23(19(4)13-16)24-25(28-20-11-10-17(2)18(3)14-20)27(31)29(26(24)30)21-7-6-8-22(15-21)32-5/h6-15,28H,1-5H3. The number of imide groups is 1. The number of anilines is 2. The molecule has 32 heavy (non-hydrogen) atoms. The van der Waals surface area contributed by atoms with E-state index in [0.29, 0.717) is 17.0 Å². The summed E-state index contributed by atoms with van der Waals surface area (Å²) in [6.45, 7) is 8.01. The Morgan fingerprint density at radius 3 is 2.25 bits per heavy atom. The van der Waals surface area contributed by atoms with Gasteiger partial charge in [-0.3, -0.25) is 9.59 Å². The van der Waals surface area contributed by atoms with Gasteiger partial charge < -0.3 is 10.1 Å². The summed E-state index contributed by atoms with van der Waals surface area (Å²) in [6.07, 6.45) is 0. The number of nitrogens with zero attached hydrogens (tertiary/aromatic N) is 1. The molecular weight excluding hydrogens is 400 g/mol. The fourth-order valence-corrected chi connectivity index (χ4v) is 3.94. The first-order valence-electron chi connectivity index (χ1n) is 10.5. The minimum absolute atomic E-state index is 0.271. The Balaban J connectivity index is 1.86. The van der Waals surface area contributed by atoms with Crippen molar-refractivity contribution in [3.63, 3.8) is 0 Å². The third-order valence-corrected chi connectivity index (χ3v) is 5.82. The summed E-state index contributed by atoms with van der Waals surface area (Å²) in [5, 5.41) is 3.24. The Hall–Kier alpha value is -3.86. The highest BCUT2D eigenvalue weighted by Crippen LogP contribution is 2.36. The number of rotatable bonds is 5. The molecule has 3 aromatic rings. The molecular formula is C27H26N2O3. The zero-order valence-corrected chi connectivity index (χ0v) is 18.9. The van der Waals surface area contributed by atoms with E-state index in [0.717, 1.165) is 33.5 Å². The summed E-state index contributed by atoms with van der Waals surface area (Å²) in [4.78, 5) is 28.4. The molecule has 1 aliphatic heterocycles. The lowest BCUT2D eigenvalue weighted by Crippen LogP contribution is -2.32. The number of hydrogen-bond donors (Lipinski definition) is 1. The van der Waals surface area contributed by atoms with Crippen LogP contribution in [-0.2, 0) is 9.59 Å². The number of nitrogens with one attached hydrogen (secondary N) is 1. The van der Waals surface area contributed by atoms with Crippen molar-refractivity contribution in [3.8, 4) is 5.75 Å². The number of amides is 2. The average molecular weight is 427 g/mol. The molecule has 1 aliphatic rings. The minimum atomic E-state index is -0.392. The summed E-state index contributed by atoms with van der Waals surface area (Å²) in [5.74, 6) is -0.176. The molecule has 0 atom stereocenters. The van der Waals surface area contributed by atoms with Crippen molar-refractivity contribution in [2.75, 3.05) is 17.3 Å². The number of benzene rings is 3. The lowest BCUT2D eigenvalue weighted by Gasteiger charge is -2.16. The molecule has 0 unspecified atom stereocenters. The highest BCUT2D eigenvalue weighted by atomic mass is 16.5. The van der Waals surface area contributed by atoms with Gasteiger partial charge in [-0.25, -0.2) is 4.90 Å². The van der Waals surface area contributed by atoms with Crippen LogP contribution in [0.4, 0.5) is 11.4 Å². The molecule has 0 saturated heterocycles. The number of carbonyl (C=O) groups excluding carboxylic acids is 2. The Labute approximate surface area is 188 Å². The van der Waals surface area contributed by atoms with E-state index in [1.807, 2.05) is 64.1 Å². The van der Waals surface area contributed by atoms with Crippen LogP contribution in [0.2, 0.25) is 0 Å². The van der Waals surface area contributed by atoms with Crippen molar-refractivity contribution < 1.29 is 14.3 Å². The van der Waals surface area contributed by atoms with Crippen molar-refractivity contribution in [2.45, 2.75) is 27.7 Å². The molecule has 0 aromatic heterocycles. The largest absolute Gasteiger partial charge is 0.497 e. The smallest absolute Gasteiger partial charge is 0.282 e. The Morgan fingerprint density at radius 2 is 1.56 bits per heavy atom. The van der Waals surface area contributed by atoms with Crippen LogP contribution in [0.3, 0.4) is 0 Å². The molecule has 5 nitrogen and oxygen atoms in total. The van der Waals surface area contributed by atoms with Gasteiger partial charge in [0.1, 0.15) is 11.4 Å². The second-order valence-electron chi connectivity index (χ2n) is 8.14. The molecule has 1 N–H and O–H groups in total. The van der Waals surface area contributed by atoms with Crippen LogP contribution in [0.25, 0.3) is 5.57 Å². The number of ether oxygens (including phenoxy) is 1. The van der Waals surface area contributed by atoms with E-state index in [1.54, 1.807) is 31.4 Å². The molecule has 0 aliphatic carbocycles. The van der Waals surface area contributed by atoms with Gasteiger partial charge in [0, 0.05) is 11.8 Å². The van der Waals surface area contributed by atoms with Crippen LogP contribution in [0, 0.1) is 27.7 Å². The van der Waals surface area contributed by atoms with Gasteiger partial charge in [0.15, 0.2) is 0 Å². The summed E-state index contributed by atoms with van der Waals surface area (Å²) >= 11 is 0. The van der Waals surface area contributed by atoms with Gasteiger partial charge in [-0.15, -0.1) is 0 Å². The molecule has 162 valence electrons. The lowest BCUT2D eigenvalue weighted by atomic mass is 9.97. The van der Waals surface area contributed by atoms with Gasteiger partial charge in [-0.05, 0) is 74.2 Å². The lowest BCUT2D eigenvalue weighted by molar-refractivity contribution is -0.120. The molecule has 1 heterocycles. The van der Waals surface area contributed by atoms with Gasteiger partial charge in [-0.2, -0.15) is 0 Å². The quantitative estimate of drug-likeness (QED) is 0.561. The van der Waals surface area contributed by atoms with E-state index < -0.39 is 5.91 Å². The molecule has 0 radical (unpaired) electrons. The van der Waals surface area contributed by atoms with E-state index in [-0.39, 0.29) is 11.6 Å². The summed E-state index contributed by atoms with van der Waals surface area (Å²) in [5.41, 5.74) is 6.91. The molecule has 5 heteroatoms. The van der Waals surface area contributed by atoms with Crippen molar-refractivity contribution in [1.29, 1.82) is 0 Å². The molecule has 0 bridgehead atoms. The predicted molar refractivity (Wildman–Crippen MR) is 128 cm³/mol. The van der Waals surface area contributed by atoms with E-state index in [1.165, 1.54) is 4.90 Å². The van der Waals surface area contributed by atoms with Crippen LogP contribution in [0.15, 0.2) is 66.4 Å². The third kappa shape index (κ3) is 3.78. The average Bonchev–Trinajstić information content (AvgIpc) is 3.00. The number of hydrogen-bond acceptors (Lipinski definition) is 4. The highest BCUT2D eigenvalue weighted by molar-refractivity contribution is 6.46. The van der Waals surface area contributed by atoms with E-state index >= 15 is 0 Å². The fourth-order valence-electron chi connectivity index (χ4n) is 3.94. The molecule has 4 rings (SSSR count). The Kier molecular flexibility index (Phi) is 5.57. The van der Waals surface area contributed by atoms with Gasteiger partial charge in [-0.1, -0.05) is 35.9 Å². The van der Waals surface area contributed by atoms with Crippen LogP contribution < -0.4 is 15.0 Å². The first-order chi connectivity index (χ1) is 15.3. The van der Waals surface area contributed by atoms with Gasteiger partial charge in [0.25, 0.3) is 11.8 Å². The normalized spacial score (nSPS) is 13.7. The van der Waals surface area contributed by atoms with Crippen LogP contribution in [-0.4, -0.2) is 18.9 Å². The third-order valence-electron chi connectivity index (χ3n) is 5.82. The van der Waals surface area contributed by atoms with E-state index in [2.05, 4.69) is 5.32 Å². The second kappa shape index (κ2) is 8.35. The zero-order valence-electron chi connectivity index (χ0n) is 18.9. The second-order valence-corrected chi connectivity index (χ2v) is 8.14. The van der Waals surface area contributed by atoms with Crippen molar-refractivity contribution in [3.05, 3.63) is 94.2 Å². The van der Waals surface area contributed by atoms with Crippen LogP contribution >= 0.6 is 0 Å². The Morgan fingerprint density at radius 1 is 0.781 bits per heavy atom. The molecule has 3 aromatic carbocycles. The van der Waals surface area contributed by atoms with E-state index in [4.69, 9.17) is 4.74 Å². The summed E-state index contributed by atoms with van der Waals surface area (Å²) in [7, 11) is 1.55. The minimum Gasteiger partial charge on any atom is -0.497 e. The predicted octanol–water partition coefficient (Wildman–Crippen LogP) is 5.33. The molecule has 0 spiro atoms. The van der Waals surface area contributed by atoms with E-state index in [9.17, 15) is 9.59 Å². The van der Waals surface area contributed by atoms with Crippen molar-refractivity contribution in [1.82, 2.24) is 0 Å². The monoisotopic (exact) mass is 426 g/mol. The SMILES string of the molecule is COc1cccc(N2C(=O)C(Nc3ccc(C)c(C)c3)=C(c3ccc(C)cc3C)C2=O)c1. The van der Waals surface area contributed by atoms with Crippen molar-refractivity contribution in [2.24, 2.45) is 0 Å². The molecule has 0 saturated carbocycles. The topological polar surface area (TPSA) is 58.6 Å². The highest BCUT2D eigenvalue weighted by Gasteiger charge is 2.40. The van der Waals surface area contributed by atoms with Gasteiger partial charge >= 0.3 is 0 Å². The first-order valence-corrected chi connectivity index (χ1v) is 10.5. The van der Waals surface area contributed by atoms with Gasteiger partial charge in [0.2, 0.25) is 0 Å². The molecule has 0 fully saturated rings. The fraction of sp³-hybridized carbons (Fsp3) is 0.185. The van der Waals surface area contributed by atoms with Crippen LogP contribution in [0.1, 0.15) is 27.8 Å². The number of methoxy groups -OCH3 is 1. The zero-order chi connectivity index (χ0) is 23.0. The maximum atomic E-state index is 13.6. The summed E-state index contributed by atoms with van der Waals surface area (Å²) < 4.78 is 5.30. The number of carbonyl (C=O) groups is 2. The first kappa shape index (κ1) is 21.4. The Bertz CT molecular complexity index is 1270. The maximum Gasteiger partial charge on any atom is 0.282 e.